The molecule has 2 aromatic heterocycles. The van der Waals surface area contributed by atoms with Crippen LogP contribution in [0, 0.1) is 0 Å². The smallest absolute Gasteiger partial charge is 0.387 e. The fourth-order valence-corrected chi connectivity index (χ4v) is 3.49. The molecule has 0 radical (unpaired) electrons. The number of aliphatic hydroxyl groups excluding tert-OH is 2. The number of nitrogens with two attached hydrogens (primary N) is 1. The standard InChI is InChI=1S/C13H17F3N5O7P/c14-13(15,16)2-1-12(21-5-20-7-10(17)18-4-19-11(7)21)9(23)8(22)6(28-12)3-27-29(24,25)26/h4-6,8-9,22-23H,1-3H2,(H2,17,18,19)(H2,24,25,26)/t6-,8-,9-,12-/m1/s1. The van der Waals surface area contributed by atoms with Crippen molar-refractivity contribution in [3.8, 4) is 0 Å². The van der Waals surface area contributed by atoms with E-state index in [-0.39, 0.29) is 17.0 Å². The van der Waals surface area contributed by atoms with Crippen molar-refractivity contribution in [2.45, 2.75) is 43.1 Å². The quantitative estimate of drug-likeness (QED) is 0.367. The monoisotopic (exact) mass is 443 g/mol. The minimum absolute atomic E-state index is 0.0269. The third-order valence-corrected chi connectivity index (χ3v) is 4.95. The first-order valence-corrected chi connectivity index (χ1v) is 9.62. The van der Waals surface area contributed by atoms with Gasteiger partial charge in [-0.2, -0.15) is 13.2 Å². The molecule has 0 aromatic carbocycles. The van der Waals surface area contributed by atoms with Crippen LogP contribution in [0.5, 0.6) is 0 Å². The van der Waals surface area contributed by atoms with Gasteiger partial charge in [0, 0.05) is 12.8 Å². The average molecular weight is 443 g/mol. The average Bonchev–Trinajstić information content (AvgIpc) is 3.13. The fraction of sp³-hybridized carbons (Fsp3) is 0.615. The summed E-state index contributed by atoms with van der Waals surface area (Å²) in [4.78, 5) is 29.2. The van der Waals surface area contributed by atoms with Crippen molar-refractivity contribution in [2.75, 3.05) is 12.3 Å². The maximum Gasteiger partial charge on any atom is 0.469 e. The molecular weight excluding hydrogens is 426 g/mol. The number of hydrogen-bond donors (Lipinski definition) is 5. The maximum absolute atomic E-state index is 12.9. The number of rotatable bonds is 6. The molecule has 0 amide bonds. The van der Waals surface area contributed by atoms with Gasteiger partial charge in [0.25, 0.3) is 0 Å². The van der Waals surface area contributed by atoms with Gasteiger partial charge in [0.05, 0.1) is 12.9 Å². The van der Waals surface area contributed by atoms with E-state index in [1.807, 2.05) is 0 Å². The van der Waals surface area contributed by atoms with Gasteiger partial charge in [-0.05, 0) is 0 Å². The van der Waals surface area contributed by atoms with Crippen molar-refractivity contribution < 1.29 is 47.0 Å². The Bertz CT molecular complexity index is 937. The van der Waals surface area contributed by atoms with E-state index in [2.05, 4.69) is 19.5 Å². The summed E-state index contributed by atoms with van der Waals surface area (Å²) < 4.78 is 60.5. The van der Waals surface area contributed by atoms with Crippen LogP contribution >= 0.6 is 7.82 Å². The molecule has 16 heteroatoms. The number of nitrogen functional groups attached to an aromatic ring is 1. The number of anilines is 1. The van der Waals surface area contributed by atoms with E-state index in [4.69, 9.17) is 20.3 Å². The molecule has 1 saturated heterocycles. The Morgan fingerprint density at radius 2 is 2.00 bits per heavy atom. The van der Waals surface area contributed by atoms with Gasteiger partial charge in [-0.1, -0.05) is 0 Å². The number of ether oxygens (including phenoxy) is 1. The predicted molar refractivity (Wildman–Crippen MR) is 87.9 cm³/mol. The number of hydrogen-bond acceptors (Lipinski definition) is 9. The zero-order chi connectivity index (χ0) is 21.6. The Balaban J connectivity index is 2.04. The molecule has 162 valence electrons. The lowest BCUT2D eigenvalue weighted by molar-refractivity contribution is -0.186. The Labute approximate surface area is 160 Å². The molecule has 4 atom stereocenters. The number of aromatic nitrogens is 4. The van der Waals surface area contributed by atoms with Gasteiger partial charge >= 0.3 is 14.0 Å². The Morgan fingerprint density at radius 3 is 2.62 bits per heavy atom. The van der Waals surface area contributed by atoms with Crippen molar-refractivity contribution >= 4 is 24.8 Å². The first-order valence-electron chi connectivity index (χ1n) is 8.09. The van der Waals surface area contributed by atoms with Gasteiger partial charge in [-0.3, -0.25) is 9.09 Å². The highest BCUT2D eigenvalue weighted by atomic mass is 31.2. The lowest BCUT2D eigenvalue weighted by Crippen LogP contribution is -2.46. The van der Waals surface area contributed by atoms with E-state index in [1.54, 1.807) is 0 Å². The van der Waals surface area contributed by atoms with Gasteiger partial charge in [0.1, 0.15) is 30.2 Å². The molecule has 6 N–H and O–H groups in total. The number of phosphoric ester groups is 1. The summed E-state index contributed by atoms with van der Waals surface area (Å²) in [5.41, 5.74) is 3.42. The van der Waals surface area contributed by atoms with E-state index in [0.29, 0.717) is 0 Å². The van der Waals surface area contributed by atoms with E-state index >= 15 is 0 Å². The highest BCUT2D eigenvalue weighted by Gasteiger charge is 2.57. The molecule has 1 aliphatic rings. The van der Waals surface area contributed by atoms with Crippen LogP contribution in [-0.2, 0) is 19.6 Å². The molecule has 1 fully saturated rings. The molecule has 29 heavy (non-hydrogen) atoms. The number of imidazole rings is 1. The number of aliphatic hydroxyl groups is 2. The highest BCUT2D eigenvalue weighted by molar-refractivity contribution is 7.46. The summed E-state index contributed by atoms with van der Waals surface area (Å²) in [6, 6.07) is 0. The zero-order valence-electron chi connectivity index (χ0n) is 14.5. The molecule has 12 nitrogen and oxygen atoms in total. The molecule has 3 heterocycles. The molecule has 2 aromatic rings. The summed E-state index contributed by atoms with van der Waals surface area (Å²) in [5.74, 6) is -0.0749. The van der Waals surface area contributed by atoms with E-state index in [9.17, 15) is 27.9 Å². The summed E-state index contributed by atoms with van der Waals surface area (Å²) in [6.07, 6.45) is -10.2. The lowest BCUT2D eigenvalue weighted by Gasteiger charge is -2.34. The SMILES string of the molecule is Nc1ncnc2c1ncn2[C@]1(CCC(F)(F)F)O[C@H](COP(=O)(O)O)[C@@H](O)[C@H]1O. The fourth-order valence-electron chi connectivity index (χ4n) is 3.15. The second kappa shape index (κ2) is 7.43. The zero-order valence-corrected chi connectivity index (χ0v) is 15.4. The second-order valence-corrected chi connectivity index (χ2v) is 7.62. The van der Waals surface area contributed by atoms with Crippen molar-refractivity contribution in [3.63, 3.8) is 0 Å². The van der Waals surface area contributed by atoms with E-state index in [1.165, 1.54) is 0 Å². The van der Waals surface area contributed by atoms with Crippen LogP contribution in [0.4, 0.5) is 19.0 Å². The van der Waals surface area contributed by atoms with Crippen LogP contribution in [-0.4, -0.2) is 70.6 Å². The Morgan fingerprint density at radius 1 is 1.31 bits per heavy atom. The normalized spacial score (nSPS) is 28.3. The van der Waals surface area contributed by atoms with Crippen molar-refractivity contribution in [1.82, 2.24) is 19.5 Å². The van der Waals surface area contributed by atoms with Crippen LogP contribution in [0.3, 0.4) is 0 Å². The summed E-state index contributed by atoms with van der Waals surface area (Å²) >= 11 is 0. The Hall–Kier alpha value is -1.87. The van der Waals surface area contributed by atoms with Gasteiger partial charge < -0.3 is 30.5 Å². The molecule has 0 aliphatic carbocycles. The summed E-state index contributed by atoms with van der Waals surface area (Å²) in [5, 5.41) is 20.9. The van der Waals surface area contributed by atoms with Gasteiger partial charge in [-0.25, -0.2) is 19.5 Å². The van der Waals surface area contributed by atoms with Gasteiger partial charge in [0.2, 0.25) is 0 Å². The van der Waals surface area contributed by atoms with Crippen molar-refractivity contribution in [3.05, 3.63) is 12.7 Å². The second-order valence-electron chi connectivity index (χ2n) is 6.38. The number of alkyl halides is 3. The van der Waals surface area contributed by atoms with Crippen LogP contribution in [0.15, 0.2) is 12.7 Å². The minimum Gasteiger partial charge on any atom is -0.387 e. The van der Waals surface area contributed by atoms with E-state index < -0.39 is 57.5 Å². The van der Waals surface area contributed by atoms with Crippen LogP contribution in [0.1, 0.15) is 12.8 Å². The topological polar surface area (TPSA) is 186 Å². The third-order valence-electron chi connectivity index (χ3n) is 4.47. The van der Waals surface area contributed by atoms with Gasteiger partial charge in [0.15, 0.2) is 17.2 Å². The van der Waals surface area contributed by atoms with Crippen LogP contribution in [0.2, 0.25) is 0 Å². The molecule has 0 unspecified atom stereocenters. The summed E-state index contributed by atoms with van der Waals surface area (Å²) in [6.45, 7) is -0.889. The number of phosphoric acid groups is 1. The Kier molecular flexibility index (Phi) is 5.59. The highest BCUT2D eigenvalue weighted by Crippen LogP contribution is 2.44. The molecule has 1 aliphatic heterocycles. The number of fused-ring (bicyclic) bond motifs is 1. The minimum atomic E-state index is -4.96. The predicted octanol–water partition coefficient (Wildman–Crippen LogP) is -0.366. The molecular formula is C13H17F3N5O7P. The van der Waals surface area contributed by atoms with E-state index in [0.717, 1.165) is 17.2 Å². The molecule has 0 saturated carbocycles. The maximum atomic E-state index is 12.9. The molecule has 0 spiro atoms. The van der Waals surface area contributed by atoms with Crippen molar-refractivity contribution in [1.29, 1.82) is 0 Å². The largest absolute Gasteiger partial charge is 0.469 e. The van der Waals surface area contributed by atoms with Crippen molar-refractivity contribution in [2.24, 2.45) is 0 Å². The number of halogens is 3. The first kappa shape index (κ1) is 21.8. The lowest BCUT2D eigenvalue weighted by atomic mass is 9.97. The first-order chi connectivity index (χ1) is 13.3. The number of nitrogens with zero attached hydrogens (tertiary/aromatic N) is 4. The third kappa shape index (κ3) is 4.35. The van der Waals surface area contributed by atoms with Gasteiger partial charge in [-0.15, -0.1) is 0 Å². The van der Waals surface area contributed by atoms with Crippen LogP contribution < -0.4 is 5.73 Å². The molecule has 0 bridgehead atoms. The summed E-state index contributed by atoms with van der Waals surface area (Å²) in [7, 11) is -4.96. The molecule has 3 rings (SSSR count). The van der Waals surface area contributed by atoms with Crippen LogP contribution in [0.25, 0.3) is 11.2 Å².